The Kier molecular flexibility index (Phi) is 8.22. The summed E-state index contributed by atoms with van der Waals surface area (Å²) in [6, 6.07) is 3.87. The SMILES string of the molecule is CC(Oc1cc(Br)c(Br)cc1Br)c1c(Br)c(Br)c(Br)c(Br)c1Br. The Morgan fingerprint density at radius 2 is 1.09 bits per heavy atom. The zero-order valence-electron chi connectivity index (χ0n) is 11.2. The average Bonchev–Trinajstić information content (AvgIpc) is 2.49. The first kappa shape index (κ1) is 21.4. The molecule has 1 unspecified atom stereocenters. The quantitative estimate of drug-likeness (QED) is 0.221. The topological polar surface area (TPSA) is 9.23 Å². The predicted octanol–water partition coefficient (Wildman–Crippen LogP) is 9.93. The Morgan fingerprint density at radius 1 is 0.652 bits per heavy atom. The standard InChI is InChI=1S/C14H6Br8O/c1-4(23-8-3-6(16)5(15)2-7(8)17)9-10(18)12(20)14(22)13(21)11(9)19/h2-4H,1H3. The fourth-order valence-electron chi connectivity index (χ4n) is 1.82. The Bertz CT molecular complexity index is 745. The molecular weight excluding hydrogens is 823 g/mol. The van der Waals surface area contributed by atoms with Crippen LogP contribution in [0.2, 0.25) is 0 Å². The van der Waals surface area contributed by atoms with E-state index in [-0.39, 0.29) is 6.10 Å². The summed E-state index contributed by atoms with van der Waals surface area (Å²) >= 11 is 28.5. The number of ether oxygens (including phenoxy) is 1. The van der Waals surface area contributed by atoms with Crippen LogP contribution in [0.3, 0.4) is 0 Å². The molecule has 0 aliphatic rings. The number of hydrogen-bond donors (Lipinski definition) is 0. The van der Waals surface area contributed by atoms with Crippen LogP contribution in [0.15, 0.2) is 47.9 Å². The molecule has 0 saturated heterocycles. The molecule has 2 aromatic carbocycles. The minimum atomic E-state index is -0.191. The van der Waals surface area contributed by atoms with Crippen molar-refractivity contribution in [1.29, 1.82) is 0 Å². The molecule has 0 amide bonds. The average molecular weight is 829 g/mol. The number of rotatable bonds is 3. The molecule has 0 aliphatic carbocycles. The summed E-state index contributed by atoms with van der Waals surface area (Å²) in [5, 5.41) is 0. The van der Waals surface area contributed by atoms with Crippen molar-refractivity contribution in [2.24, 2.45) is 0 Å². The molecule has 2 rings (SSSR count). The van der Waals surface area contributed by atoms with Crippen LogP contribution >= 0.6 is 127 Å². The van der Waals surface area contributed by atoms with Crippen molar-refractivity contribution in [3.63, 3.8) is 0 Å². The van der Waals surface area contributed by atoms with Gasteiger partial charge < -0.3 is 4.74 Å². The van der Waals surface area contributed by atoms with Crippen molar-refractivity contribution >= 4 is 127 Å². The second-order valence-electron chi connectivity index (χ2n) is 4.44. The van der Waals surface area contributed by atoms with Crippen LogP contribution in [0, 0.1) is 0 Å². The van der Waals surface area contributed by atoms with Crippen molar-refractivity contribution in [2.45, 2.75) is 13.0 Å². The van der Waals surface area contributed by atoms with E-state index in [2.05, 4.69) is 127 Å². The van der Waals surface area contributed by atoms with Gasteiger partial charge in [-0.25, -0.2) is 0 Å². The molecule has 0 aliphatic heterocycles. The van der Waals surface area contributed by atoms with Gasteiger partial charge in [0.05, 0.1) is 4.47 Å². The van der Waals surface area contributed by atoms with E-state index < -0.39 is 0 Å². The normalized spacial score (nSPS) is 12.4. The third-order valence-electron chi connectivity index (χ3n) is 2.93. The first-order chi connectivity index (χ1) is 10.6. The molecule has 0 N–H and O–H groups in total. The molecule has 0 bridgehead atoms. The molecule has 1 atom stereocenters. The van der Waals surface area contributed by atoms with E-state index in [9.17, 15) is 0 Å². The first-order valence-electron chi connectivity index (χ1n) is 5.97. The first-order valence-corrected chi connectivity index (χ1v) is 12.3. The van der Waals surface area contributed by atoms with Gasteiger partial charge in [-0.2, -0.15) is 0 Å². The van der Waals surface area contributed by atoms with E-state index in [4.69, 9.17) is 4.74 Å². The lowest BCUT2D eigenvalue weighted by Gasteiger charge is -2.21. The monoisotopic (exact) mass is 821 g/mol. The molecule has 2 aromatic rings. The van der Waals surface area contributed by atoms with Crippen LogP contribution in [0.1, 0.15) is 18.6 Å². The maximum absolute atomic E-state index is 6.16. The molecule has 0 heterocycles. The van der Waals surface area contributed by atoms with Crippen molar-refractivity contribution in [2.75, 3.05) is 0 Å². The van der Waals surface area contributed by atoms with E-state index >= 15 is 0 Å². The fraction of sp³-hybridized carbons (Fsp3) is 0.143. The van der Waals surface area contributed by atoms with E-state index in [1.54, 1.807) is 0 Å². The number of benzene rings is 2. The van der Waals surface area contributed by atoms with Gasteiger partial charge in [0.15, 0.2) is 0 Å². The van der Waals surface area contributed by atoms with Gasteiger partial charge in [0.2, 0.25) is 0 Å². The summed E-state index contributed by atoms with van der Waals surface area (Å²) in [5.41, 5.74) is 0.998. The maximum atomic E-state index is 6.16. The number of hydrogen-bond acceptors (Lipinski definition) is 1. The van der Waals surface area contributed by atoms with Gasteiger partial charge in [0, 0.05) is 36.9 Å². The van der Waals surface area contributed by atoms with Gasteiger partial charge in [-0.05, 0) is 146 Å². The second-order valence-corrected chi connectivity index (χ2v) is 11.0. The summed E-state index contributed by atoms with van der Waals surface area (Å²) in [6.45, 7) is 2.00. The van der Waals surface area contributed by atoms with Gasteiger partial charge in [0.25, 0.3) is 0 Å². The highest BCUT2D eigenvalue weighted by molar-refractivity contribution is 9.16. The second kappa shape index (κ2) is 8.85. The summed E-state index contributed by atoms with van der Waals surface area (Å²) < 4.78 is 13.6. The molecular formula is C14H6Br8O. The summed E-state index contributed by atoms with van der Waals surface area (Å²) in [6.07, 6.45) is -0.191. The molecule has 9 heteroatoms. The van der Waals surface area contributed by atoms with E-state index in [0.717, 1.165) is 47.1 Å². The van der Waals surface area contributed by atoms with Crippen molar-refractivity contribution < 1.29 is 4.74 Å². The zero-order valence-corrected chi connectivity index (χ0v) is 23.9. The van der Waals surface area contributed by atoms with Gasteiger partial charge in [-0.1, -0.05) is 0 Å². The highest BCUT2D eigenvalue weighted by atomic mass is 79.9. The highest BCUT2D eigenvalue weighted by Gasteiger charge is 2.23. The summed E-state index contributed by atoms with van der Waals surface area (Å²) in [4.78, 5) is 0. The third-order valence-corrected chi connectivity index (χ3v) is 11.5. The maximum Gasteiger partial charge on any atom is 0.135 e. The number of halogens is 8. The van der Waals surface area contributed by atoms with Crippen molar-refractivity contribution in [1.82, 2.24) is 0 Å². The smallest absolute Gasteiger partial charge is 0.135 e. The van der Waals surface area contributed by atoms with Crippen LogP contribution in [0.5, 0.6) is 5.75 Å². The zero-order chi connectivity index (χ0) is 17.5. The molecule has 1 nitrogen and oxygen atoms in total. The van der Waals surface area contributed by atoms with E-state index in [1.807, 2.05) is 19.1 Å². The molecule has 0 saturated carbocycles. The van der Waals surface area contributed by atoms with Gasteiger partial charge in [-0.3, -0.25) is 0 Å². The van der Waals surface area contributed by atoms with Crippen molar-refractivity contribution in [3.05, 3.63) is 53.5 Å². The molecule has 0 aromatic heterocycles. The van der Waals surface area contributed by atoms with Crippen LogP contribution < -0.4 is 4.74 Å². The van der Waals surface area contributed by atoms with E-state index in [0.29, 0.717) is 0 Å². The largest absolute Gasteiger partial charge is 0.485 e. The Morgan fingerprint density at radius 3 is 1.61 bits per heavy atom. The molecule has 124 valence electrons. The van der Waals surface area contributed by atoms with E-state index in [1.165, 1.54) is 0 Å². The Hall–Kier alpha value is 2.08. The van der Waals surface area contributed by atoms with Crippen LogP contribution in [0.25, 0.3) is 0 Å². The molecule has 23 heavy (non-hydrogen) atoms. The molecule has 0 fully saturated rings. The van der Waals surface area contributed by atoms with Gasteiger partial charge >= 0.3 is 0 Å². The van der Waals surface area contributed by atoms with Gasteiger partial charge in [-0.15, -0.1) is 0 Å². The fourth-order valence-corrected chi connectivity index (χ4v) is 6.95. The van der Waals surface area contributed by atoms with Crippen LogP contribution in [0.4, 0.5) is 0 Å². The predicted molar refractivity (Wildman–Crippen MR) is 124 cm³/mol. The highest BCUT2D eigenvalue weighted by Crippen LogP contribution is 2.47. The third kappa shape index (κ3) is 4.68. The minimum Gasteiger partial charge on any atom is -0.485 e. The summed E-state index contributed by atoms with van der Waals surface area (Å²) in [5.74, 6) is 0.751. The lowest BCUT2D eigenvalue weighted by Crippen LogP contribution is -2.07. The van der Waals surface area contributed by atoms with Crippen molar-refractivity contribution in [3.8, 4) is 5.75 Å². The lowest BCUT2D eigenvalue weighted by molar-refractivity contribution is 0.223. The summed E-state index contributed by atoms with van der Waals surface area (Å²) in [7, 11) is 0. The molecule has 0 spiro atoms. The minimum absolute atomic E-state index is 0.191. The van der Waals surface area contributed by atoms with Crippen LogP contribution in [-0.2, 0) is 0 Å². The lowest BCUT2D eigenvalue weighted by atomic mass is 10.1. The Labute approximate surface area is 201 Å². The molecule has 0 radical (unpaired) electrons. The van der Waals surface area contributed by atoms with Gasteiger partial charge in [0.1, 0.15) is 11.9 Å². The Balaban J connectivity index is 2.47. The van der Waals surface area contributed by atoms with Crippen LogP contribution in [-0.4, -0.2) is 0 Å².